The Morgan fingerprint density at radius 1 is 1.24 bits per heavy atom. The van der Waals surface area contributed by atoms with Crippen molar-refractivity contribution in [1.82, 2.24) is 0 Å². The molecule has 0 bridgehead atoms. The summed E-state index contributed by atoms with van der Waals surface area (Å²) in [6.07, 6.45) is 3.05. The zero-order chi connectivity index (χ0) is 20.8. The molecule has 0 aromatic heterocycles. The number of halogens is 1. The highest BCUT2D eigenvalue weighted by Crippen LogP contribution is 2.32. The second-order valence-electron chi connectivity index (χ2n) is 6.68. The minimum absolute atomic E-state index is 0.0352. The summed E-state index contributed by atoms with van der Waals surface area (Å²) in [4.78, 5) is 12.1. The third-order valence-corrected chi connectivity index (χ3v) is 4.30. The van der Waals surface area contributed by atoms with E-state index in [0.29, 0.717) is 34.4 Å². The smallest absolute Gasteiger partial charge is 0.331 e. The minimum atomic E-state index is -0.479. The molecular formula is C22H23ClO6. The molecular weight excluding hydrogens is 396 g/mol. The van der Waals surface area contributed by atoms with Crippen LogP contribution < -0.4 is 14.2 Å². The Hall–Kier alpha value is -2.70. The maximum atomic E-state index is 12.1. The van der Waals surface area contributed by atoms with Gasteiger partial charge in [0.15, 0.2) is 18.3 Å². The number of rotatable bonds is 7. The lowest BCUT2D eigenvalue weighted by Crippen LogP contribution is -2.14. The molecule has 0 saturated carbocycles. The summed E-state index contributed by atoms with van der Waals surface area (Å²) in [6, 6.07) is 8.94. The lowest BCUT2D eigenvalue weighted by Gasteiger charge is -2.20. The van der Waals surface area contributed by atoms with Crippen LogP contribution in [0.25, 0.3) is 6.08 Å². The fourth-order valence-electron chi connectivity index (χ4n) is 2.86. The lowest BCUT2D eigenvalue weighted by molar-refractivity contribution is -0.139. The van der Waals surface area contributed by atoms with E-state index in [2.05, 4.69) is 0 Å². The van der Waals surface area contributed by atoms with Gasteiger partial charge in [0, 0.05) is 22.2 Å². The van der Waals surface area contributed by atoms with E-state index in [1.165, 1.54) is 6.08 Å². The first-order valence-electron chi connectivity index (χ1n) is 9.17. The second-order valence-corrected chi connectivity index (χ2v) is 7.12. The monoisotopic (exact) mass is 418 g/mol. The van der Waals surface area contributed by atoms with Crippen molar-refractivity contribution in [3.63, 3.8) is 0 Å². The molecule has 2 aromatic carbocycles. The van der Waals surface area contributed by atoms with Gasteiger partial charge in [0.05, 0.1) is 19.8 Å². The van der Waals surface area contributed by atoms with E-state index in [1.807, 2.05) is 26.0 Å². The van der Waals surface area contributed by atoms with Crippen LogP contribution >= 0.6 is 11.6 Å². The van der Waals surface area contributed by atoms with Crippen molar-refractivity contribution in [1.29, 1.82) is 0 Å². The Kier molecular flexibility index (Phi) is 7.01. The largest absolute Gasteiger partial charge is 0.493 e. The van der Waals surface area contributed by atoms with Crippen LogP contribution in [0.4, 0.5) is 0 Å². The van der Waals surface area contributed by atoms with Crippen molar-refractivity contribution in [2.24, 2.45) is 0 Å². The first kappa shape index (κ1) is 21.0. The number of hydrogen-bond donors (Lipinski definition) is 0. The number of carbonyl (C=O) groups excluding carboxylic acids is 1. The molecule has 3 rings (SSSR count). The summed E-state index contributed by atoms with van der Waals surface area (Å²) in [7, 11) is 1.57. The SMILES string of the molecule is COc1cc(/C=C/C(=O)OCc2cc(Cl)cc3c2OCOC3)ccc1OC(C)C. The molecule has 0 fully saturated rings. The molecule has 0 radical (unpaired) electrons. The molecule has 1 aliphatic heterocycles. The van der Waals surface area contributed by atoms with Gasteiger partial charge in [-0.1, -0.05) is 17.7 Å². The van der Waals surface area contributed by atoms with Crippen molar-refractivity contribution in [2.75, 3.05) is 13.9 Å². The van der Waals surface area contributed by atoms with Gasteiger partial charge in [0.1, 0.15) is 12.4 Å². The summed E-state index contributed by atoms with van der Waals surface area (Å²) in [6.45, 7) is 4.51. The third kappa shape index (κ3) is 5.65. The van der Waals surface area contributed by atoms with Gasteiger partial charge < -0.3 is 23.7 Å². The average Bonchev–Trinajstić information content (AvgIpc) is 2.70. The molecule has 154 valence electrons. The fourth-order valence-corrected chi connectivity index (χ4v) is 3.13. The molecule has 0 N–H and O–H groups in total. The van der Waals surface area contributed by atoms with Gasteiger partial charge in [-0.25, -0.2) is 4.79 Å². The number of fused-ring (bicyclic) bond motifs is 1. The molecule has 0 spiro atoms. The summed E-state index contributed by atoms with van der Waals surface area (Å²) in [5, 5.41) is 0.537. The molecule has 0 aliphatic carbocycles. The number of esters is 1. The number of carbonyl (C=O) groups is 1. The van der Waals surface area contributed by atoms with Crippen LogP contribution in [-0.2, 0) is 27.5 Å². The van der Waals surface area contributed by atoms with Gasteiger partial charge in [-0.15, -0.1) is 0 Å². The Bertz CT molecular complexity index is 906. The van der Waals surface area contributed by atoms with E-state index in [9.17, 15) is 4.79 Å². The molecule has 1 aliphatic rings. The third-order valence-electron chi connectivity index (χ3n) is 4.08. The first-order valence-corrected chi connectivity index (χ1v) is 9.55. The summed E-state index contributed by atoms with van der Waals surface area (Å²) >= 11 is 6.12. The Morgan fingerprint density at radius 2 is 2.07 bits per heavy atom. The topological polar surface area (TPSA) is 63.2 Å². The standard InChI is InChI=1S/C22H23ClO6/c1-14(2)29-19-6-4-15(8-20(19)25-3)5-7-21(24)27-12-17-10-18(23)9-16-11-26-13-28-22(16)17/h4-10,14H,11-13H2,1-3H3/b7-5+. The molecule has 2 aromatic rings. The molecule has 1 heterocycles. The molecule has 0 amide bonds. The van der Waals surface area contributed by atoms with Gasteiger partial charge in [-0.2, -0.15) is 0 Å². The van der Waals surface area contributed by atoms with E-state index in [0.717, 1.165) is 11.1 Å². The predicted molar refractivity (Wildman–Crippen MR) is 109 cm³/mol. The lowest BCUT2D eigenvalue weighted by atomic mass is 10.1. The van der Waals surface area contributed by atoms with Crippen LogP contribution in [0.2, 0.25) is 5.02 Å². The van der Waals surface area contributed by atoms with E-state index in [-0.39, 0.29) is 19.5 Å². The zero-order valence-electron chi connectivity index (χ0n) is 16.6. The van der Waals surface area contributed by atoms with E-state index < -0.39 is 5.97 Å². The maximum Gasteiger partial charge on any atom is 0.331 e. The molecule has 7 heteroatoms. The molecule has 6 nitrogen and oxygen atoms in total. The summed E-state index contributed by atoms with van der Waals surface area (Å²) in [5.74, 6) is 1.42. The molecule has 0 saturated heterocycles. The van der Waals surface area contributed by atoms with Crippen molar-refractivity contribution < 1.29 is 28.5 Å². The van der Waals surface area contributed by atoms with Crippen molar-refractivity contribution in [3.05, 3.63) is 58.1 Å². The van der Waals surface area contributed by atoms with Gasteiger partial charge in [-0.05, 0) is 49.8 Å². The fraction of sp³-hybridized carbons (Fsp3) is 0.318. The van der Waals surface area contributed by atoms with Crippen LogP contribution in [0.3, 0.4) is 0 Å². The quantitative estimate of drug-likeness (QED) is 0.477. The average molecular weight is 419 g/mol. The first-order chi connectivity index (χ1) is 14.0. The summed E-state index contributed by atoms with van der Waals surface area (Å²) < 4.78 is 27.1. The van der Waals surface area contributed by atoms with E-state index >= 15 is 0 Å². The van der Waals surface area contributed by atoms with Crippen LogP contribution in [0, 0.1) is 0 Å². The van der Waals surface area contributed by atoms with Gasteiger partial charge in [-0.3, -0.25) is 0 Å². The Morgan fingerprint density at radius 3 is 2.83 bits per heavy atom. The number of ether oxygens (including phenoxy) is 5. The van der Waals surface area contributed by atoms with Crippen LogP contribution in [0.5, 0.6) is 17.2 Å². The van der Waals surface area contributed by atoms with Crippen LogP contribution in [-0.4, -0.2) is 26.0 Å². The number of hydrogen-bond acceptors (Lipinski definition) is 6. The number of benzene rings is 2. The van der Waals surface area contributed by atoms with Crippen molar-refractivity contribution in [2.45, 2.75) is 33.2 Å². The van der Waals surface area contributed by atoms with Crippen LogP contribution in [0.1, 0.15) is 30.5 Å². The van der Waals surface area contributed by atoms with E-state index in [1.54, 1.807) is 31.4 Å². The summed E-state index contributed by atoms with van der Waals surface area (Å²) in [5.41, 5.74) is 2.33. The van der Waals surface area contributed by atoms with Gasteiger partial charge >= 0.3 is 5.97 Å². The normalized spacial score (nSPS) is 13.1. The Balaban J connectivity index is 1.64. The van der Waals surface area contributed by atoms with Crippen molar-refractivity contribution >= 4 is 23.6 Å². The Labute approximate surface area is 174 Å². The van der Waals surface area contributed by atoms with Gasteiger partial charge in [0.2, 0.25) is 0 Å². The highest BCUT2D eigenvalue weighted by atomic mass is 35.5. The predicted octanol–water partition coefficient (Wildman–Crippen LogP) is 4.76. The zero-order valence-corrected chi connectivity index (χ0v) is 17.3. The minimum Gasteiger partial charge on any atom is -0.493 e. The highest BCUT2D eigenvalue weighted by molar-refractivity contribution is 6.30. The van der Waals surface area contributed by atoms with E-state index in [4.69, 9.17) is 35.3 Å². The maximum absolute atomic E-state index is 12.1. The number of methoxy groups -OCH3 is 1. The molecule has 0 unspecified atom stereocenters. The van der Waals surface area contributed by atoms with Gasteiger partial charge in [0.25, 0.3) is 0 Å². The van der Waals surface area contributed by atoms with Crippen LogP contribution in [0.15, 0.2) is 36.4 Å². The van der Waals surface area contributed by atoms with Crippen molar-refractivity contribution in [3.8, 4) is 17.2 Å². The second kappa shape index (κ2) is 9.67. The molecule has 29 heavy (non-hydrogen) atoms. The highest BCUT2D eigenvalue weighted by Gasteiger charge is 2.17. The molecule has 0 atom stereocenters.